The van der Waals surface area contributed by atoms with Crippen LogP contribution in [0.1, 0.15) is 25.0 Å². The Labute approximate surface area is 284 Å². The van der Waals surface area contributed by atoms with E-state index in [9.17, 15) is 0 Å². The van der Waals surface area contributed by atoms with Gasteiger partial charge in [0.1, 0.15) is 0 Å². The standard InChI is InChI=1S/C46H29N3/c1-46(2)38-24-27(20-22-30(38)31-23-21-28(47-3)25-39(31)46)43-32-13-5-7-15-34(32)44(35-16-8-6-14-33(35)43)37-26-42-45(36-17-9-4-12-29(36)37)49-41-19-11-10-18-40(41)48-42/h4-26H,1-2H3. The third kappa shape index (κ3) is 3.89. The van der Waals surface area contributed by atoms with Crippen molar-refractivity contribution in [1.82, 2.24) is 9.97 Å². The lowest BCUT2D eigenvalue weighted by molar-refractivity contribution is 0.661. The van der Waals surface area contributed by atoms with Crippen molar-refractivity contribution in [3.05, 3.63) is 162 Å². The van der Waals surface area contributed by atoms with Crippen molar-refractivity contribution >= 4 is 60.1 Å². The predicted octanol–water partition coefficient (Wildman–Crippen LogP) is 12.4. The zero-order chi connectivity index (χ0) is 32.9. The van der Waals surface area contributed by atoms with E-state index in [-0.39, 0.29) is 5.41 Å². The number of hydrogen-bond acceptors (Lipinski definition) is 2. The van der Waals surface area contributed by atoms with Gasteiger partial charge in [0.05, 0.1) is 28.6 Å². The summed E-state index contributed by atoms with van der Waals surface area (Å²) in [5.74, 6) is 0. The fourth-order valence-electron chi connectivity index (χ4n) is 8.34. The Morgan fingerprint density at radius 1 is 0.469 bits per heavy atom. The van der Waals surface area contributed by atoms with Crippen LogP contribution >= 0.6 is 0 Å². The van der Waals surface area contributed by atoms with Gasteiger partial charge in [0.15, 0.2) is 5.69 Å². The van der Waals surface area contributed by atoms with Crippen LogP contribution in [0.5, 0.6) is 0 Å². The second kappa shape index (κ2) is 10.1. The molecule has 0 bridgehead atoms. The Morgan fingerprint density at radius 2 is 1.00 bits per heavy atom. The first-order valence-electron chi connectivity index (χ1n) is 16.7. The van der Waals surface area contributed by atoms with Crippen molar-refractivity contribution in [2.75, 3.05) is 0 Å². The molecule has 1 aliphatic carbocycles. The molecule has 1 aromatic heterocycles. The van der Waals surface area contributed by atoms with Gasteiger partial charge in [-0.1, -0.05) is 129 Å². The highest BCUT2D eigenvalue weighted by atomic mass is 14.8. The summed E-state index contributed by atoms with van der Waals surface area (Å²) in [4.78, 5) is 14.0. The summed E-state index contributed by atoms with van der Waals surface area (Å²) < 4.78 is 0. The summed E-state index contributed by atoms with van der Waals surface area (Å²) in [6.45, 7) is 12.2. The van der Waals surface area contributed by atoms with Gasteiger partial charge in [0, 0.05) is 10.8 Å². The van der Waals surface area contributed by atoms with Gasteiger partial charge < -0.3 is 0 Å². The molecule has 1 aliphatic rings. The van der Waals surface area contributed by atoms with Crippen LogP contribution in [0, 0.1) is 6.57 Å². The second-order valence-electron chi connectivity index (χ2n) is 13.6. The van der Waals surface area contributed by atoms with Crippen molar-refractivity contribution in [2.24, 2.45) is 0 Å². The van der Waals surface area contributed by atoms with Gasteiger partial charge in [-0.05, 0) is 95.7 Å². The maximum atomic E-state index is 7.61. The van der Waals surface area contributed by atoms with Crippen LogP contribution in [0.4, 0.5) is 5.69 Å². The fourth-order valence-corrected chi connectivity index (χ4v) is 8.34. The monoisotopic (exact) mass is 623 g/mol. The van der Waals surface area contributed by atoms with Crippen molar-refractivity contribution in [1.29, 1.82) is 0 Å². The summed E-state index contributed by atoms with van der Waals surface area (Å²) in [7, 11) is 0. The smallest absolute Gasteiger partial charge is 0.187 e. The van der Waals surface area contributed by atoms with Gasteiger partial charge in [-0.3, -0.25) is 0 Å². The van der Waals surface area contributed by atoms with Crippen LogP contribution in [0.15, 0.2) is 140 Å². The normalized spacial score (nSPS) is 13.2. The average molecular weight is 624 g/mol. The van der Waals surface area contributed by atoms with E-state index < -0.39 is 0 Å². The molecule has 0 N–H and O–H groups in total. The quantitative estimate of drug-likeness (QED) is 0.109. The van der Waals surface area contributed by atoms with E-state index >= 15 is 0 Å². The molecule has 0 aliphatic heterocycles. The third-order valence-corrected chi connectivity index (χ3v) is 10.6. The Kier molecular flexibility index (Phi) is 5.69. The van der Waals surface area contributed by atoms with Crippen LogP contribution < -0.4 is 0 Å². The summed E-state index contributed by atoms with van der Waals surface area (Å²) in [5.41, 5.74) is 13.9. The first-order chi connectivity index (χ1) is 24.0. The molecule has 3 heteroatoms. The lowest BCUT2D eigenvalue weighted by Gasteiger charge is -2.23. The second-order valence-corrected chi connectivity index (χ2v) is 13.6. The van der Waals surface area contributed by atoms with Crippen LogP contribution in [-0.2, 0) is 5.41 Å². The Morgan fingerprint density at radius 3 is 1.65 bits per heavy atom. The van der Waals surface area contributed by atoms with Gasteiger partial charge in [0.2, 0.25) is 0 Å². The van der Waals surface area contributed by atoms with Gasteiger partial charge in [-0.25, -0.2) is 14.8 Å². The summed E-state index contributed by atoms with van der Waals surface area (Å²) in [6.07, 6.45) is 0. The fraction of sp³-hybridized carbons (Fsp3) is 0.0652. The maximum Gasteiger partial charge on any atom is 0.187 e. The zero-order valence-electron chi connectivity index (χ0n) is 27.1. The number of para-hydroxylation sites is 2. The van der Waals surface area contributed by atoms with E-state index in [1.54, 1.807) is 0 Å². The van der Waals surface area contributed by atoms with E-state index in [2.05, 4.69) is 128 Å². The zero-order valence-corrected chi connectivity index (χ0v) is 27.1. The lowest BCUT2D eigenvalue weighted by Crippen LogP contribution is -2.15. The predicted molar refractivity (Wildman–Crippen MR) is 204 cm³/mol. The van der Waals surface area contributed by atoms with Crippen molar-refractivity contribution in [2.45, 2.75) is 19.3 Å². The van der Waals surface area contributed by atoms with Gasteiger partial charge in [-0.2, -0.15) is 0 Å². The molecule has 0 atom stereocenters. The summed E-state index contributed by atoms with van der Waals surface area (Å²) in [6, 6.07) is 49.8. The molecule has 0 saturated carbocycles. The van der Waals surface area contributed by atoms with E-state index in [0.29, 0.717) is 5.69 Å². The third-order valence-electron chi connectivity index (χ3n) is 10.6. The van der Waals surface area contributed by atoms with E-state index in [0.717, 1.165) is 33.0 Å². The van der Waals surface area contributed by atoms with Crippen molar-refractivity contribution in [3.8, 4) is 33.4 Å². The summed E-state index contributed by atoms with van der Waals surface area (Å²) >= 11 is 0. The molecule has 0 unspecified atom stereocenters. The molecular weight excluding hydrogens is 595 g/mol. The molecule has 1 heterocycles. The number of aromatic nitrogens is 2. The molecule has 8 aromatic carbocycles. The number of hydrogen-bond donors (Lipinski definition) is 0. The largest absolute Gasteiger partial charge is 0.244 e. The molecule has 0 fully saturated rings. The van der Waals surface area contributed by atoms with Crippen LogP contribution in [0.25, 0.3) is 92.6 Å². The highest BCUT2D eigenvalue weighted by molar-refractivity contribution is 6.25. The van der Waals surface area contributed by atoms with Gasteiger partial charge >= 0.3 is 0 Å². The van der Waals surface area contributed by atoms with E-state index in [1.165, 1.54) is 65.9 Å². The number of fused-ring (bicyclic) bond motifs is 9. The van der Waals surface area contributed by atoms with Gasteiger partial charge in [0.25, 0.3) is 0 Å². The van der Waals surface area contributed by atoms with E-state index in [4.69, 9.17) is 16.5 Å². The Balaban J connectivity index is 1.28. The first kappa shape index (κ1) is 27.7. The molecule has 228 valence electrons. The minimum atomic E-state index is -0.220. The van der Waals surface area contributed by atoms with E-state index in [1.807, 2.05) is 30.3 Å². The molecule has 0 spiro atoms. The molecule has 10 rings (SSSR count). The SMILES string of the molecule is [C-]#[N+]c1ccc2c(c1)C(C)(C)c1cc(-c3c4ccccc4c(-c4cc5nc6ccccc6nc5c5ccccc45)c4ccccc34)ccc1-2. The number of rotatable bonds is 2. The van der Waals surface area contributed by atoms with Crippen LogP contribution in [0.3, 0.4) is 0 Å². The van der Waals surface area contributed by atoms with Crippen LogP contribution in [0.2, 0.25) is 0 Å². The molecule has 0 radical (unpaired) electrons. The minimum Gasteiger partial charge on any atom is -0.244 e. The van der Waals surface area contributed by atoms with Crippen LogP contribution in [-0.4, -0.2) is 9.97 Å². The maximum absolute atomic E-state index is 7.61. The molecule has 49 heavy (non-hydrogen) atoms. The number of nitrogens with zero attached hydrogens (tertiary/aromatic N) is 3. The Hall–Kier alpha value is -6.37. The lowest BCUT2D eigenvalue weighted by atomic mass is 9.80. The molecular formula is C46H29N3. The average Bonchev–Trinajstić information content (AvgIpc) is 3.37. The molecule has 0 amide bonds. The summed E-state index contributed by atoms with van der Waals surface area (Å²) in [5, 5.41) is 7.12. The highest BCUT2D eigenvalue weighted by Gasteiger charge is 2.36. The Bertz CT molecular complexity index is 2870. The minimum absolute atomic E-state index is 0.220. The molecule has 3 nitrogen and oxygen atoms in total. The molecule has 9 aromatic rings. The number of benzene rings is 8. The topological polar surface area (TPSA) is 30.1 Å². The van der Waals surface area contributed by atoms with Gasteiger partial charge in [-0.15, -0.1) is 0 Å². The molecule has 0 saturated heterocycles. The van der Waals surface area contributed by atoms with Crippen molar-refractivity contribution < 1.29 is 0 Å². The van der Waals surface area contributed by atoms with Crippen molar-refractivity contribution in [3.63, 3.8) is 0 Å². The highest BCUT2D eigenvalue weighted by Crippen LogP contribution is 2.52. The first-order valence-corrected chi connectivity index (χ1v) is 16.7.